The molecule has 2 heterocycles. The molecule has 0 saturated heterocycles. The Labute approximate surface area is 170 Å². The fraction of sp³-hybridized carbons (Fsp3) is 0.300. The Morgan fingerprint density at radius 3 is 2.52 bits per heavy atom. The summed E-state index contributed by atoms with van der Waals surface area (Å²) >= 11 is 0. The minimum Gasteiger partial charge on any atom is -0.467 e. The minimum absolute atomic E-state index is 0.0741. The zero-order chi connectivity index (χ0) is 21.2. The molecular weight excluding hydrogens is 392 g/mol. The quantitative estimate of drug-likeness (QED) is 0.616. The first-order valence-corrected chi connectivity index (χ1v) is 10.6. The van der Waals surface area contributed by atoms with Crippen LogP contribution in [0.15, 0.2) is 52.0 Å². The van der Waals surface area contributed by atoms with Crippen LogP contribution >= 0.6 is 0 Å². The van der Waals surface area contributed by atoms with Gasteiger partial charge in [-0.1, -0.05) is 0 Å². The summed E-state index contributed by atoms with van der Waals surface area (Å²) in [6, 6.07) is 9.72. The average molecular weight is 417 g/mol. The molecule has 0 spiro atoms. The van der Waals surface area contributed by atoms with E-state index >= 15 is 0 Å². The second-order valence-electron chi connectivity index (χ2n) is 6.92. The molecule has 3 aromatic rings. The molecule has 0 aliphatic carbocycles. The number of aromatic nitrogens is 2. The van der Waals surface area contributed by atoms with Crippen molar-refractivity contribution in [3.63, 3.8) is 0 Å². The highest BCUT2D eigenvalue weighted by atomic mass is 32.2. The fourth-order valence-corrected chi connectivity index (χ4v) is 4.51. The van der Waals surface area contributed by atoms with Gasteiger partial charge in [0, 0.05) is 24.8 Å². The highest BCUT2D eigenvalue weighted by Crippen LogP contribution is 2.23. The molecule has 2 aromatic heterocycles. The summed E-state index contributed by atoms with van der Waals surface area (Å²) in [7, 11) is -3.78. The van der Waals surface area contributed by atoms with Crippen LogP contribution in [0.3, 0.4) is 0 Å². The number of furan rings is 1. The van der Waals surface area contributed by atoms with Crippen LogP contribution in [0.4, 0.5) is 5.69 Å². The van der Waals surface area contributed by atoms with Crippen LogP contribution < -0.4 is 10.0 Å². The van der Waals surface area contributed by atoms with Gasteiger partial charge < -0.3 is 9.73 Å². The number of amides is 1. The third-order valence-corrected chi connectivity index (χ3v) is 6.05. The van der Waals surface area contributed by atoms with Gasteiger partial charge in [-0.3, -0.25) is 9.48 Å². The first kappa shape index (κ1) is 20.8. The molecule has 0 saturated carbocycles. The maximum atomic E-state index is 12.9. The van der Waals surface area contributed by atoms with Crippen LogP contribution in [0.2, 0.25) is 0 Å². The van der Waals surface area contributed by atoms with Crippen molar-refractivity contribution in [1.82, 2.24) is 14.5 Å². The highest BCUT2D eigenvalue weighted by molar-refractivity contribution is 7.89. The Kier molecular flexibility index (Phi) is 5.90. The van der Waals surface area contributed by atoms with Gasteiger partial charge in [0.05, 0.1) is 16.9 Å². The lowest BCUT2D eigenvalue weighted by Gasteiger charge is -2.19. The van der Waals surface area contributed by atoms with Gasteiger partial charge >= 0.3 is 0 Å². The van der Waals surface area contributed by atoms with E-state index in [2.05, 4.69) is 15.1 Å². The molecule has 154 valence electrons. The normalized spacial score (nSPS) is 12.7. The van der Waals surface area contributed by atoms with Crippen molar-refractivity contribution < 1.29 is 17.6 Å². The van der Waals surface area contributed by atoms with Gasteiger partial charge in [-0.25, -0.2) is 13.1 Å². The molecule has 0 bridgehead atoms. The van der Waals surface area contributed by atoms with Crippen LogP contribution in [0.25, 0.3) is 0 Å². The molecule has 0 radical (unpaired) electrons. The molecule has 1 atom stereocenters. The molecule has 0 aliphatic heterocycles. The highest BCUT2D eigenvalue weighted by Gasteiger charge is 2.24. The van der Waals surface area contributed by atoms with E-state index in [4.69, 9.17) is 4.42 Å². The molecule has 2 N–H and O–H groups in total. The fourth-order valence-electron chi connectivity index (χ4n) is 3.25. The summed E-state index contributed by atoms with van der Waals surface area (Å²) in [6.45, 7) is 6.95. The Balaban J connectivity index is 1.85. The van der Waals surface area contributed by atoms with Crippen molar-refractivity contribution in [3.05, 3.63) is 65.4 Å². The second kappa shape index (κ2) is 8.22. The van der Waals surface area contributed by atoms with Crippen LogP contribution in [-0.2, 0) is 14.8 Å². The van der Waals surface area contributed by atoms with Crippen molar-refractivity contribution in [3.8, 4) is 0 Å². The van der Waals surface area contributed by atoms with E-state index in [1.165, 1.54) is 13.0 Å². The molecule has 3 rings (SSSR count). The van der Waals surface area contributed by atoms with Gasteiger partial charge in [-0.2, -0.15) is 5.10 Å². The molecule has 8 nitrogen and oxygen atoms in total. The third kappa shape index (κ3) is 4.75. The van der Waals surface area contributed by atoms with E-state index in [9.17, 15) is 13.2 Å². The van der Waals surface area contributed by atoms with Gasteiger partial charge in [0.2, 0.25) is 15.9 Å². The summed E-state index contributed by atoms with van der Waals surface area (Å²) in [4.78, 5) is 11.4. The lowest BCUT2D eigenvalue weighted by Crippen LogP contribution is -2.32. The van der Waals surface area contributed by atoms with Gasteiger partial charge in [0.1, 0.15) is 11.8 Å². The summed E-state index contributed by atoms with van der Waals surface area (Å²) in [5, 5.41) is 7.12. The van der Waals surface area contributed by atoms with E-state index in [1.807, 2.05) is 19.9 Å². The molecule has 1 amide bonds. The first-order chi connectivity index (χ1) is 13.7. The summed E-state index contributed by atoms with van der Waals surface area (Å²) in [5.41, 5.74) is 2.82. The second-order valence-corrected chi connectivity index (χ2v) is 8.65. The molecule has 0 fully saturated rings. The Bertz CT molecular complexity index is 1120. The number of hydrogen-bond acceptors (Lipinski definition) is 5. The number of nitrogens with zero attached hydrogens (tertiary/aromatic N) is 2. The van der Waals surface area contributed by atoms with Crippen LogP contribution in [-0.4, -0.2) is 30.7 Å². The van der Waals surface area contributed by atoms with Crippen LogP contribution in [0, 0.1) is 20.8 Å². The third-order valence-electron chi connectivity index (χ3n) is 4.46. The van der Waals surface area contributed by atoms with E-state index in [-0.39, 0.29) is 17.3 Å². The number of hydrogen-bond donors (Lipinski definition) is 2. The number of benzene rings is 1. The van der Waals surface area contributed by atoms with E-state index in [0.717, 1.165) is 11.4 Å². The monoisotopic (exact) mass is 416 g/mol. The maximum absolute atomic E-state index is 12.9. The standard InChI is InChI=1S/C20H24N4O4S/c1-13-10-17(22-16(4)25)7-8-20(13)29(26,27)21-12-18(19-6-5-9-28-19)24-15(3)11-14(2)23-24/h5-11,18,21H,12H2,1-4H3,(H,22,25). The lowest BCUT2D eigenvalue weighted by atomic mass is 10.2. The van der Waals surface area contributed by atoms with Crippen LogP contribution in [0.1, 0.15) is 35.7 Å². The van der Waals surface area contributed by atoms with Crippen molar-refractivity contribution in [1.29, 1.82) is 0 Å². The SMILES string of the molecule is CC(=O)Nc1ccc(S(=O)(=O)NCC(c2ccco2)n2nc(C)cc2C)c(C)c1. The van der Waals surface area contributed by atoms with Gasteiger partial charge in [-0.05, 0) is 62.7 Å². The van der Waals surface area contributed by atoms with E-state index in [1.54, 1.807) is 42.1 Å². The minimum atomic E-state index is -3.78. The number of sulfonamides is 1. The first-order valence-electron chi connectivity index (χ1n) is 9.11. The Morgan fingerprint density at radius 1 is 1.21 bits per heavy atom. The van der Waals surface area contributed by atoms with Crippen molar-refractivity contribution in [2.45, 2.75) is 38.6 Å². The summed E-state index contributed by atoms with van der Waals surface area (Å²) in [5.74, 6) is 0.390. The molecule has 0 aliphatic rings. The van der Waals surface area contributed by atoms with Crippen LogP contribution in [0.5, 0.6) is 0 Å². The van der Waals surface area contributed by atoms with Crippen molar-refractivity contribution >= 4 is 21.6 Å². The average Bonchev–Trinajstić information content (AvgIpc) is 3.25. The number of carbonyl (C=O) groups excluding carboxylic acids is 1. The molecule has 29 heavy (non-hydrogen) atoms. The predicted molar refractivity (Wildman–Crippen MR) is 109 cm³/mol. The number of anilines is 1. The smallest absolute Gasteiger partial charge is 0.240 e. The van der Waals surface area contributed by atoms with E-state index < -0.39 is 16.1 Å². The molecule has 1 aromatic carbocycles. The summed E-state index contributed by atoms with van der Waals surface area (Å²) < 4.78 is 35.8. The Morgan fingerprint density at radius 2 is 1.97 bits per heavy atom. The lowest BCUT2D eigenvalue weighted by molar-refractivity contribution is -0.114. The number of carbonyl (C=O) groups is 1. The molecular formula is C20H24N4O4S. The maximum Gasteiger partial charge on any atom is 0.240 e. The van der Waals surface area contributed by atoms with Gasteiger partial charge in [-0.15, -0.1) is 0 Å². The number of nitrogens with one attached hydrogen (secondary N) is 2. The predicted octanol–water partition coefficient (Wildman–Crippen LogP) is 2.93. The number of aryl methyl sites for hydroxylation is 3. The topological polar surface area (TPSA) is 106 Å². The Hall–Kier alpha value is -2.91. The van der Waals surface area contributed by atoms with Gasteiger partial charge in [0.25, 0.3) is 0 Å². The molecule has 1 unspecified atom stereocenters. The largest absolute Gasteiger partial charge is 0.467 e. The zero-order valence-corrected chi connectivity index (χ0v) is 17.6. The summed E-state index contributed by atoms with van der Waals surface area (Å²) in [6.07, 6.45) is 1.55. The van der Waals surface area contributed by atoms with Crippen molar-refractivity contribution in [2.24, 2.45) is 0 Å². The van der Waals surface area contributed by atoms with Crippen molar-refractivity contribution in [2.75, 3.05) is 11.9 Å². The van der Waals surface area contributed by atoms with E-state index in [0.29, 0.717) is 17.0 Å². The number of rotatable bonds is 7. The zero-order valence-electron chi connectivity index (χ0n) is 16.8. The molecule has 9 heteroatoms. The van der Waals surface area contributed by atoms with Gasteiger partial charge in [0.15, 0.2) is 0 Å².